The van der Waals surface area contributed by atoms with Crippen LogP contribution in [0.15, 0.2) is 24.3 Å². The van der Waals surface area contributed by atoms with Crippen LogP contribution in [0.4, 0.5) is 4.79 Å². The molecule has 0 aromatic heterocycles. The van der Waals surface area contributed by atoms with E-state index in [9.17, 15) is 4.79 Å². The summed E-state index contributed by atoms with van der Waals surface area (Å²) >= 11 is 0. The topological polar surface area (TPSA) is 38.3 Å². The van der Waals surface area contributed by atoms with Crippen LogP contribution < -0.4 is 5.32 Å². The predicted octanol–water partition coefficient (Wildman–Crippen LogP) is 3.94. The maximum absolute atomic E-state index is 11.7. The fraction of sp³-hybridized carbons (Fsp3) is 0.588. The highest BCUT2D eigenvalue weighted by Crippen LogP contribution is 2.43. The van der Waals surface area contributed by atoms with Crippen molar-refractivity contribution in [2.24, 2.45) is 0 Å². The van der Waals surface area contributed by atoms with Gasteiger partial charge in [-0.25, -0.2) is 4.79 Å². The Morgan fingerprint density at radius 3 is 2.30 bits per heavy atom. The summed E-state index contributed by atoms with van der Waals surface area (Å²) in [4.78, 5) is 11.7. The molecule has 0 saturated heterocycles. The number of ether oxygens (including phenoxy) is 1. The molecule has 0 unspecified atom stereocenters. The fourth-order valence-electron chi connectivity index (χ4n) is 2.61. The van der Waals surface area contributed by atoms with Crippen molar-refractivity contribution in [2.45, 2.75) is 63.5 Å². The summed E-state index contributed by atoms with van der Waals surface area (Å²) in [5.41, 5.74) is 2.36. The van der Waals surface area contributed by atoms with Gasteiger partial charge in [0.15, 0.2) is 0 Å². The Balaban J connectivity index is 1.52. The summed E-state index contributed by atoms with van der Waals surface area (Å²) in [5.74, 6) is 1.26. The summed E-state index contributed by atoms with van der Waals surface area (Å²) in [5, 5.41) is 2.95. The van der Waals surface area contributed by atoms with E-state index in [4.69, 9.17) is 4.74 Å². The number of nitrogens with one attached hydrogen (secondary N) is 1. The zero-order valence-electron chi connectivity index (χ0n) is 12.5. The van der Waals surface area contributed by atoms with E-state index in [1.54, 1.807) is 0 Å². The third kappa shape index (κ3) is 3.33. The number of benzene rings is 1. The fourth-order valence-corrected chi connectivity index (χ4v) is 2.61. The number of carbonyl (C=O) groups excluding carboxylic acids is 1. The highest BCUT2D eigenvalue weighted by molar-refractivity contribution is 5.69. The van der Waals surface area contributed by atoms with Gasteiger partial charge in [0.25, 0.3) is 0 Å². The summed E-state index contributed by atoms with van der Waals surface area (Å²) in [6.07, 6.45) is 3.39. The Morgan fingerprint density at radius 1 is 1.15 bits per heavy atom. The van der Waals surface area contributed by atoms with Gasteiger partial charge in [-0.05, 0) is 57.1 Å². The molecule has 2 fully saturated rings. The molecule has 20 heavy (non-hydrogen) atoms. The lowest BCUT2D eigenvalue weighted by atomic mass is 10.1. The molecule has 3 rings (SSSR count). The molecule has 2 atom stereocenters. The van der Waals surface area contributed by atoms with Crippen LogP contribution in [0.3, 0.4) is 0 Å². The average Bonchev–Trinajstić information content (AvgIpc) is 3.21. The molecule has 0 heterocycles. The van der Waals surface area contributed by atoms with E-state index in [1.165, 1.54) is 24.0 Å². The highest BCUT2D eigenvalue weighted by Gasteiger charge is 2.40. The SMILES string of the molecule is CC(C)(C)OC(=O)N[C@H]1C[C@@H]1c1ccc(C2CC2)cc1. The molecule has 0 aliphatic heterocycles. The Hall–Kier alpha value is -1.51. The van der Waals surface area contributed by atoms with Gasteiger partial charge in [0.05, 0.1) is 0 Å². The van der Waals surface area contributed by atoms with Crippen molar-refractivity contribution >= 4 is 6.09 Å². The Labute approximate surface area is 120 Å². The smallest absolute Gasteiger partial charge is 0.407 e. The molecule has 0 spiro atoms. The van der Waals surface area contributed by atoms with Crippen molar-refractivity contribution in [3.8, 4) is 0 Å². The molecular weight excluding hydrogens is 250 g/mol. The monoisotopic (exact) mass is 273 g/mol. The van der Waals surface area contributed by atoms with Gasteiger partial charge in [-0.15, -0.1) is 0 Å². The molecule has 2 aliphatic rings. The minimum absolute atomic E-state index is 0.233. The number of alkyl carbamates (subject to hydrolysis) is 1. The van der Waals surface area contributed by atoms with Crippen molar-refractivity contribution in [3.05, 3.63) is 35.4 Å². The molecule has 2 saturated carbocycles. The zero-order valence-corrected chi connectivity index (χ0v) is 12.5. The lowest BCUT2D eigenvalue weighted by molar-refractivity contribution is 0.0523. The van der Waals surface area contributed by atoms with Gasteiger partial charge >= 0.3 is 6.09 Å². The van der Waals surface area contributed by atoms with Crippen LogP contribution in [0.2, 0.25) is 0 Å². The van der Waals surface area contributed by atoms with Crippen molar-refractivity contribution in [1.29, 1.82) is 0 Å². The lowest BCUT2D eigenvalue weighted by Gasteiger charge is -2.19. The lowest BCUT2D eigenvalue weighted by Crippen LogP contribution is -2.34. The average molecular weight is 273 g/mol. The van der Waals surface area contributed by atoms with Crippen molar-refractivity contribution in [1.82, 2.24) is 5.32 Å². The van der Waals surface area contributed by atoms with E-state index >= 15 is 0 Å². The normalized spacial score (nSPS) is 25.1. The number of amides is 1. The first-order chi connectivity index (χ1) is 9.42. The minimum Gasteiger partial charge on any atom is -0.444 e. The highest BCUT2D eigenvalue weighted by atomic mass is 16.6. The second-order valence-electron chi connectivity index (χ2n) is 7.04. The molecule has 1 amide bonds. The number of carbonyl (C=O) groups is 1. The van der Waals surface area contributed by atoms with Crippen LogP contribution in [-0.4, -0.2) is 17.7 Å². The van der Waals surface area contributed by atoms with E-state index in [-0.39, 0.29) is 12.1 Å². The van der Waals surface area contributed by atoms with Crippen molar-refractivity contribution in [2.75, 3.05) is 0 Å². The number of hydrogen-bond donors (Lipinski definition) is 1. The van der Waals surface area contributed by atoms with E-state index in [1.807, 2.05) is 20.8 Å². The van der Waals surface area contributed by atoms with Crippen LogP contribution in [0.5, 0.6) is 0 Å². The molecule has 1 N–H and O–H groups in total. The Bertz CT molecular complexity index is 497. The van der Waals surface area contributed by atoms with Gasteiger partial charge < -0.3 is 10.1 Å². The van der Waals surface area contributed by atoms with Crippen molar-refractivity contribution in [3.63, 3.8) is 0 Å². The second kappa shape index (κ2) is 4.80. The third-order valence-corrected chi connectivity index (χ3v) is 3.91. The van der Waals surface area contributed by atoms with Gasteiger partial charge in [0.2, 0.25) is 0 Å². The summed E-state index contributed by atoms with van der Waals surface area (Å²) in [6.45, 7) is 5.65. The molecule has 1 aromatic carbocycles. The van der Waals surface area contributed by atoms with Gasteiger partial charge in [-0.2, -0.15) is 0 Å². The van der Waals surface area contributed by atoms with Gasteiger partial charge in [0, 0.05) is 12.0 Å². The van der Waals surface area contributed by atoms with Crippen LogP contribution in [0.25, 0.3) is 0 Å². The standard InChI is InChI=1S/C17H23NO2/c1-17(2,3)20-16(19)18-15-10-14(15)13-8-6-12(7-9-13)11-4-5-11/h6-9,11,14-15H,4-5,10H2,1-3H3,(H,18,19)/t14-,15+/m1/s1. The van der Waals surface area contributed by atoms with E-state index in [0.717, 1.165) is 12.3 Å². The quantitative estimate of drug-likeness (QED) is 0.905. The van der Waals surface area contributed by atoms with Crippen molar-refractivity contribution < 1.29 is 9.53 Å². The van der Waals surface area contributed by atoms with Crippen LogP contribution >= 0.6 is 0 Å². The first-order valence-corrected chi connectivity index (χ1v) is 7.52. The van der Waals surface area contributed by atoms with E-state index in [0.29, 0.717) is 5.92 Å². The Kier molecular flexibility index (Phi) is 3.23. The first-order valence-electron chi connectivity index (χ1n) is 7.52. The van der Waals surface area contributed by atoms with Crippen LogP contribution in [-0.2, 0) is 4.74 Å². The van der Waals surface area contributed by atoms with Crippen LogP contribution in [0, 0.1) is 0 Å². The Morgan fingerprint density at radius 2 is 1.75 bits per heavy atom. The van der Waals surface area contributed by atoms with Gasteiger partial charge in [-0.3, -0.25) is 0 Å². The summed E-state index contributed by atoms with van der Waals surface area (Å²) in [6, 6.07) is 9.16. The largest absolute Gasteiger partial charge is 0.444 e. The maximum Gasteiger partial charge on any atom is 0.407 e. The van der Waals surface area contributed by atoms with Gasteiger partial charge in [0.1, 0.15) is 5.60 Å². The molecule has 3 heteroatoms. The molecule has 2 aliphatic carbocycles. The number of hydrogen-bond acceptors (Lipinski definition) is 2. The molecule has 108 valence electrons. The van der Waals surface area contributed by atoms with E-state index < -0.39 is 5.60 Å². The summed E-state index contributed by atoms with van der Waals surface area (Å²) in [7, 11) is 0. The maximum atomic E-state index is 11.7. The first kappa shape index (κ1) is 13.5. The molecular formula is C17H23NO2. The third-order valence-electron chi connectivity index (χ3n) is 3.91. The zero-order chi connectivity index (χ0) is 14.3. The predicted molar refractivity (Wildman–Crippen MR) is 78.9 cm³/mol. The summed E-state index contributed by atoms with van der Waals surface area (Å²) < 4.78 is 5.28. The molecule has 0 radical (unpaired) electrons. The molecule has 1 aromatic rings. The number of rotatable bonds is 3. The minimum atomic E-state index is -0.430. The molecule has 0 bridgehead atoms. The molecule has 3 nitrogen and oxygen atoms in total. The van der Waals surface area contributed by atoms with E-state index in [2.05, 4.69) is 29.6 Å². The van der Waals surface area contributed by atoms with Gasteiger partial charge in [-0.1, -0.05) is 24.3 Å². The second-order valence-corrected chi connectivity index (χ2v) is 7.04. The van der Waals surface area contributed by atoms with Crippen LogP contribution in [0.1, 0.15) is 63.0 Å².